The number of anilines is 1. The summed E-state index contributed by atoms with van der Waals surface area (Å²) in [5.41, 5.74) is 4.10. The van der Waals surface area contributed by atoms with Crippen molar-refractivity contribution >= 4 is 64.4 Å². The highest BCUT2D eigenvalue weighted by atomic mass is 35.5. The number of carbonyl (C=O) groups excluding carboxylic acids is 3. The number of amidine groups is 1. The minimum absolute atomic E-state index is 0.204. The van der Waals surface area contributed by atoms with Crippen LogP contribution in [0.4, 0.5) is 25.8 Å². The maximum absolute atomic E-state index is 12.6. The molecule has 0 unspecified atom stereocenters. The van der Waals surface area contributed by atoms with E-state index in [4.69, 9.17) is 37.5 Å². The molecule has 206 valence electrons. The summed E-state index contributed by atoms with van der Waals surface area (Å²) in [4.78, 5) is 51.9. The molecule has 1 aliphatic rings. The topological polar surface area (TPSA) is 152 Å². The van der Waals surface area contributed by atoms with Gasteiger partial charge in [0, 0.05) is 41.0 Å². The first-order chi connectivity index (χ1) is 19.2. The van der Waals surface area contributed by atoms with Crippen molar-refractivity contribution in [1.82, 2.24) is 16.1 Å². The molecule has 14 heteroatoms. The van der Waals surface area contributed by atoms with E-state index in [1.165, 1.54) is 20.2 Å². The third-order valence-electron chi connectivity index (χ3n) is 5.23. The Balaban J connectivity index is 1.84. The monoisotopic (exact) mass is 584 g/mol. The molecular formula is C26H22Cl2N6O6. The number of aliphatic imine (C=N–C) groups is 2. The third kappa shape index (κ3) is 6.60. The largest absolute Gasteiger partial charge is 0.435 e. The van der Waals surface area contributed by atoms with Gasteiger partial charge >= 0.3 is 24.2 Å². The number of carbonyl (C=O) groups is 3. The molecule has 0 spiro atoms. The van der Waals surface area contributed by atoms with Crippen LogP contribution in [0.25, 0.3) is 0 Å². The summed E-state index contributed by atoms with van der Waals surface area (Å²) in [5.74, 6) is -3.08. The number of hydrogen-bond donors (Lipinski definition) is 4. The average Bonchev–Trinajstić information content (AvgIpc) is 3.06. The van der Waals surface area contributed by atoms with Crippen molar-refractivity contribution in [2.75, 3.05) is 19.4 Å². The number of benzene rings is 3. The van der Waals surface area contributed by atoms with Gasteiger partial charge in [0.1, 0.15) is 0 Å². The van der Waals surface area contributed by atoms with Crippen LogP contribution in [0.3, 0.4) is 0 Å². The molecule has 0 saturated heterocycles. The number of alkyl carbamates (subject to hydrolysis) is 2. The molecule has 3 aromatic rings. The Morgan fingerprint density at radius 2 is 1.48 bits per heavy atom. The smallest absolute Gasteiger partial charge is 0.379 e. The first-order valence-corrected chi connectivity index (χ1v) is 12.3. The van der Waals surface area contributed by atoms with Gasteiger partial charge in [-0.2, -0.15) is 10.5 Å². The molecule has 0 saturated carbocycles. The summed E-state index contributed by atoms with van der Waals surface area (Å²) in [5, 5.41) is 7.77. The molecule has 3 amide bonds. The lowest BCUT2D eigenvalue weighted by atomic mass is 10.0. The van der Waals surface area contributed by atoms with E-state index < -0.39 is 30.0 Å². The van der Waals surface area contributed by atoms with Gasteiger partial charge in [-0.05, 0) is 36.4 Å². The van der Waals surface area contributed by atoms with Gasteiger partial charge in [0.15, 0.2) is 0 Å². The van der Waals surface area contributed by atoms with Gasteiger partial charge in [-0.1, -0.05) is 59.6 Å². The molecule has 0 bridgehead atoms. The van der Waals surface area contributed by atoms with Crippen LogP contribution in [0.1, 0.15) is 11.1 Å². The normalized spacial score (nSPS) is 13.3. The van der Waals surface area contributed by atoms with Crippen LogP contribution in [0.2, 0.25) is 10.0 Å². The van der Waals surface area contributed by atoms with E-state index in [1.807, 2.05) is 0 Å². The third-order valence-corrected chi connectivity index (χ3v) is 5.70. The van der Waals surface area contributed by atoms with E-state index in [2.05, 4.69) is 31.4 Å². The number of hydrogen-bond acceptors (Lipinski definition) is 9. The standard InChI is InChI=1S/C26H22Cl2N6O6/c1-29-23(35)38-26(39-24(36)30-2)22(34-40-25(37)31-18-10-6-9-16(27)13-18)32-20-12-11-17(28)14-19(20)21(33-26)15-7-4-3-5-8-15/h3-14H,1-2H3,(H,29,35)(H,30,36)(H,31,37)(H,32,34). The first-order valence-electron chi connectivity index (χ1n) is 11.6. The van der Waals surface area contributed by atoms with E-state index in [-0.39, 0.29) is 11.4 Å². The summed E-state index contributed by atoms with van der Waals surface area (Å²) in [7, 11) is 2.59. The van der Waals surface area contributed by atoms with Crippen molar-refractivity contribution in [2.45, 2.75) is 5.91 Å². The van der Waals surface area contributed by atoms with E-state index in [0.717, 1.165) is 0 Å². The molecule has 0 atom stereocenters. The highest BCUT2D eigenvalue weighted by Gasteiger charge is 2.48. The van der Waals surface area contributed by atoms with Crippen LogP contribution in [0.15, 0.2) is 82.8 Å². The minimum Gasteiger partial charge on any atom is -0.379 e. The second-order valence-electron chi connectivity index (χ2n) is 7.94. The van der Waals surface area contributed by atoms with Crippen LogP contribution in [0, 0.1) is 0 Å². The van der Waals surface area contributed by atoms with Gasteiger partial charge in [-0.3, -0.25) is 5.32 Å². The van der Waals surface area contributed by atoms with Crippen LogP contribution in [-0.2, 0) is 14.3 Å². The number of ether oxygens (including phenoxy) is 2. The molecular weight excluding hydrogens is 563 g/mol. The zero-order valence-corrected chi connectivity index (χ0v) is 22.5. The van der Waals surface area contributed by atoms with Gasteiger partial charge in [0.2, 0.25) is 0 Å². The molecule has 12 nitrogen and oxygen atoms in total. The van der Waals surface area contributed by atoms with E-state index >= 15 is 0 Å². The van der Waals surface area contributed by atoms with Gasteiger partial charge in [-0.15, -0.1) is 0 Å². The minimum atomic E-state index is -2.60. The van der Waals surface area contributed by atoms with Crippen molar-refractivity contribution in [2.24, 2.45) is 9.98 Å². The zero-order chi connectivity index (χ0) is 28.7. The van der Waals surface area contributed by atoms with Gasteiger partial charge in [0.25, 0.3) is 5.84 Å². The number of nitrogens with one attached hydrogen (secondary N) is 4. The summed E-state index contributed by atoms with van der Waals surface area (Å²) in [6.07, 6.45) is -3.07. The fourth-order valence-corrected chi connectivity index (χ4v) is 3.83. The Morgan fingerprint density at radius 1 is 0.800 bits per heavy atom. The predicted molar refractivity (Wildman–Crippen MR) is 149 cm³/mol. The van der Waals surface area contributed by atoms with Crippen molar-refractivity contribution < 1.29 is 28.7 Å². The molecule has 0 radical (unpaired) electrons. The number of nitrogens with zero attached hydrogens (tertiary/aromatic N) is 2. The first kappa shape index (κ1) is 28.2. The molecule has 40 heavy (non-hydrogen) atoms. The molecule has 1 heterocycles. The molecule has 0 aromatic heterocycles. The van der Waals surface area contributed by atoms with Crippen LogP contribution >= 0.6 is 23.2 Å². The number of fused-ring (bicyclic) bond motifs is 1. The second kappa shape index (κ2) is 12.4. The lowest BCUT2D eigenvalue weighted by Gasteiger charge is -2.29. The molecule has 4 N–H and O–H groups in total. The quantitative estimate of drug-likeness (QED) is 0.249. The number of halogens is 2. The highest BCUT2D eigenvalue weighted by molar-refractivity contribution is 6.32. The highest BCUT2D eigenvalue weighted by Crippen LogP contribution is 2.33. The maximum atomic E-state index is 12.6. The van der Waals surface area contributed by atoms with Gasteiger partial charge in [-0.25, -0.2) is 19.4 Å². The lowest BCUT2D eigenvalue weighted by Crippen LogP contribution is -2.54. The fourth-order valence-electron chi connectivity index (χ4n) is 3.47. The summed E-state index contributed by atoms with van der Waals surface area (Å²) in [6.45, 7) is 0. The molecule has 3 aromatic carbocycles. The number of rotatable bonds is 4. The maximum Gasteiger partial charge on any atom is 0.435 e. The Morgan fingerprint density at radius 3 is 2.12 bits per heavy atom. The number of hydroxylamine groups is 1. The van der Waals surface area contributed by atoms with E-state index in [0.29, 0.717) is 26.9 Å². The van der Waals surface area contributed by atoms with E-state index in [1.54, 1.807) is 66.7 Å². The van der Waals surface area contributed by atoms with Crippen LogP contribution in [0.5, 0.6) is 0 Å². The van der Waals surface area contributed by atoms with Crippen LogP contribution < -0.4 is 21.4 Å². The Kier molecular flexibility index (Phi) is 8.72. The van der Waals surface area contributed by atoms with Crippen molar-refractivity contribution in [3.63, 3.8) is 0 Å². The van der Waals surface area contributed by atoms with Crippen molar-refractivity contribution in [3.8, 4) is 0 Å². The Hall–Kier alpha value is -4.81. The van der Waals surface area contributed by atoms with E-state index in [9.17, 15) is 14.4 Å². The molecule has 1 aliphatic heterocycles. The molecule has 0 fully saturated rings. The van der Waals surface area contributed by atoms with Crippen molar-refractivity contribution in [1.29, 1.82) is 0 Å². The van der Waals surface area contributed by atoms with Crippen molar-refractivity contribution in [3.05, 3.63) is 94.0 Å². The van der Waals surface area contributed by atoms with Crippen LogP contribution in [-0.4, -0.2) is 49.8 Å². The summed E-state index contributed by atoms with van der Waals surface area (Å²) in [6, 6.07) is 19.9. The Labute approximate surface area is 238 Å². The fraction of sp³-hybridized carbons (Fsp3) is 0.115. The Bertz CT molecular complexity index is 1480. The SMILES string of the molecule is CNC(=O)OC1(OC(=O)NC)N=C(c2ccccc2)c2cc(Cl)ccc2N=C1NOC(=O)Nc1cccc(Cl)c1. The summed E-state index contributed by atoms with van der Waals surface area (Å²) < 4.78 is 11.0. The zero-order valence-electron chi connectivity index (χ0n) is 21.0. The average molecular weight is 585 g/mol. The molecule has 4 rings (SSSR count). The second-order valence-corrected chi connectivity index (χ2v) is 8.81. The van der Waals surface area contributed by atoms with Gasteiger partial charge in [0.05, 0.1) is 11.4 Å². The van der Waals surface area contributed by atoms with Gasteiger partial charge < -0.3 is 24.9 Å². The lowest BCUT2D eigenvalue weighted by molar-refractivity contribution is -0.107. The predicted octanol–water partition coefficient (Wildman–Crippen LogP) is 4.99. The summed E-state index contributed by atoms with van der Waals surface area (Å²) >= 11 is 12.3. The number of amides is 3. The molecule has 0 aliphatic carbocycles.